The van der Waals surface area contributed by atoms with Gasteiger partial charge in [0.25, 0.3) is 0 Å². The van der Waals surface area contributed by atoms with E-state index in [1.165, 1.54) is 0 Å². The molecule has 13 heavy (non-hydrogen) atoms. The zero-order valence-corrected chi connectivity index (χ0v) is 6.88. The van der Waals surface area contributed by atoms with Crippen LogP contribution < -0.4 is 0 Å². The van der Waals surface area contributed by atoms with Crippen LogP contribution in [0.3, 0.4) is 0 Å². The fraction of sp³-hybridized carbons (Fsp3) is 0.250. The van der Waals surface area contributed by atoms with Crippen molar-refractivity contribution in [1.29, 1.82) is 0 Å². The molecule has 1 aromatic rings. The van der Waals surface area contributed by atoms with Gasteiger partial charge in [0.2, 0.25) is 5.82 Å². The summed E-state index contributed by atoms with van der Waals surface area (Å²) >= 11 is 0. The van der Waals surface area contributed by atoms with Crippen molar-refractivity contribution in [1.82, 2.24) is 9.97 Å². The molecule has 0 aliphatic heterocycles. The molecular weight excluding hydrogens is 166 g/mol. The monoisotopic (exact) mass is 173 g/mol. The highest BCUT2D eigenvalue weighted by molar-refractivity contribution is 5.19. The summed E-state index contributed by atoms with van der Waals surface area (Å²) in [4.78, 5) is 10.4. The van der Waals surface area contributed by atoms with E-state index in [4.69, 9.17) is 5.53 Å². The van der Waals surface area contributed by atoms with Crippen LogP contribution in [0.5, 0.6) is 0 Å². The van der Waals surface area contributed by atoms with Crippen molar-refractivity contribution in [2.24, 2.45) is 5.11 Å². The van der Waals surface area contributed by atoms with E-state index in [-0.39, 0.29) is 0 Å². The first-order valence-electron chi connectivity index (χ1n) is 3.70. The molecule has 5 heteroatoms. The average Bonchev–Trinajstić information content (AvgIpc) is 2.19. The molecule has 0 aliphatic rings. The van der Waals surface area contributed by atoms with Crippen molar-refractivity contribution in [3.8, 4) is 11.8 Å². The zero-order valence-electron chi connectivity index (χ0n) is 6.88. The molecular formula is C8H7N5. The van der Waals surface area contributed by atoms with Gasteiger partial charge in [0.15, 0.2) is 0 Å². The topological polar surface area (TPSA) is 74.5 Å². The first kappa shape index (κ1) is 9.04. The molecule has 0 radical (unpaired) electrons. The lowest BCUT2D eigenvalue weighted by Gasteiger charge is -1.84. The Bertz CT molecular complexity index is 355. The van der Waals surface area contributed by atoms with E-state index in [9.17, 15) is 0 Å². The summed E-state index contributed by atoms with van der Waals surface area (Å²) in [5.74, 6) is 6.03. The van der Waals surface area contributed by atoms with Gasteiger partial charge in [-0.05, 0) is 17.5 Å². The summed E-state index contributed by atoms with van der Waals surface area (Å²) < 4.78 is 0. The van der Waals surface area contributed by atoms with Crippen molar-refractivity contribution in [2.45, 2.75) is 6.42 Å². The van der Waals surface area contributed by atoms with Crippen LogP contribution in [0, 0.1) is 11.8 Å². The molecule has 0 saturated carbocycles. The second kappa shape index (κ2) is 5.58. The summed E-state index contributed by atoms with van der Waals surface area (Å²) in [5, 5.41) is 3.34. The third kappa shape index (κ3) is 3.75. The van der Waals surface area contributed by atoms with Gasteiger partial charge in [-0.25, -0.2) is 9.97 Å². The first-order chi connectivity index (χ1) is 6.43. The largest absolute Gasteiger partial charge is 0.229 e. The zero-order chi connectivity index (χ0) is 9.36. The molecule has 0 spiro atoms. The van der Waals surface area contributed by atoms with Crippen molar-refractivity contribution < 1.29 is 0 Å². The van der Waals surface area contributed by atoms with Crippen LogP contribution in [0.1, 0.15) is 12.2 Å². The number of rotatable bonds is 2. The van der Waals surface area contributed by atoms with E-state index < -0.39 is 0 Å². The van der Waals surface area contributed by atoms with E-state index in [0.29, 0.717) is 18.8 Å². The van der Waals surface area contributed by atoms with Gasteiger partial charge in [-0.15, -0.1) is 0 Å². The number of aromatic nitrogens is 2. The Kier molecular flexibility index (Phi) is 3.88. The Morgan fingerprint density at radius 3 is 2.92 bits per heavy atom. The maximum atomic E-state index is 7.97. The molecule has 1 heterocycles. The molecule has 0 amide bonds. The molecule has 0 fully saturated rings. The molecule has 1 aromatic heterocycles. The summed E-state index contributed by atoms with van der Waals surface area (Å²) in [6.45, 7) is 0.385. The van der Waals surface area contributed by atoms with Gasteiger partial charge in [0.1, 0.15) is 0 Å². The number of hydrogen-bond acceptors (Lipinski definition) is 3. The van der Waals surface area contributed by atoms with Crippen molar-refractivity contribution in [3.63, 3.8) is 0 Å². The molecule has 0 saturated heterocycles. The molecule has 0 aliphatic carbocycles. The van der Waals surface area contributed by atoms with Crippen LogP contribution in [0.4, 0.5) is 0 Å². The summed E-state index contributed by atoms with van der Waals surface area (Å²) in [7, 11) is 0. The second-order valence-corrected chi connectivity index (χ2v) is 2.08. The second-order valence-electron chi connectivity index (χ2n) is 2.08. The highest BCUT2D eigenvalue weighted by atomic mass is 15.1. The lowest BCUT2D eigenvalue weighted by molar-refractivity contribution is 1.01. The number of nitrogens with zero attached hydrogens (tertiary/aromatic N) is 5. The van der Waals surface area contributed by atoms with E-state index in [1.807, 2.05) is 0 Å². The summed E-state index contributed by atoms with van der Waals surface area (Å²) in [6, 6.07) is 1.73. The lowest BCUT2D eigenvalue weighted by Crippen LogP contribution is -1.84. The van der Waals surface area contributed by atoms with Gasteiger partial charge in [-0.1, -0.05) is 11.0 Å². The first-order valence-corrected chi connectivity index (χ1v) is 3.70. The Balaban J connectivity index is 2.44. The lowest BCUT2D eigenvalue weighted by atomic mass is 10.4. The highest BCUT2D eigenvalue weighted by Gasteiger charge is 1.83. The maximum Gasteiger partial charge on any atom is 0.204 e. The Labute approximate surface area is 75.5 Å². The Hall–Kier alpha value is -2.05. The molecule has 64 valence electrons. The molecule has 0 atom stereocenters. The third-order valence-electron chi connectivity index (χ3n) is 1.17. The van der Waals surface area contributed by atoms with Gasteiger partial charge in [0.05, 0.1) is 0 Å². The molecule has 0 N–H and O–H groups in total. The van der Waals surface area contributed by atoms with E-state index >= 15 is 0 Å². The third-order valence-corrected chi connectivity index (χ3v) is 1.17. The standard InChI is InChI=1S/C8H7N5/c9-13-12-7-2-1-4-8-10-5-3-6-11-8/h3,5-6H,2,7H2. The van der Waals surface area contributed by atoms with Gasteiger partial charge < -0.3 is 0 Å². The molecule has 0 bridgehead atoms. The van der Waals surface area contributed by atoms with Crippen molar-refractivity contribution in [2.75, 3.05) is 6.54 Å². The van der Waals surface area contributed by atoms with Crippen LogP contribution >= 0.6 is 0 Å². The quantitative estimate of drug-likeness (QED) is 0.223. The van der Waals surface area contributed by atoms with Crippen LogP contribution in [0.25, 0.3) is 10.4 Å². The van der Waals surface area contributed by atoms with E-state index in [1.54, 1.807) is 18.5 Å². The molecule has 0 aromatic carbocycles. The van der Waals surface area contributed by atoms with Crippen molar-refractivity contribution >= 4 is 0 Å². The van der Waals surface area contributed by atoms with E-state index in [2.05, 4.69) is 31.8 Å². The van der Waals surface area contributed by atoms with Crippen LogP contribution in [0.15, 0.2) is 23.6 Å². The van der Waals surface area contributed by atoms with Crippen LogP contribution in [-0.4, -0.2) is 16.5 Å². The van der Waals surface area contributed by atoms with E-state index in [0.717, 1.165) is 0 Å². The maximum absolute atomic E-state index is 7.97. The smallest absolute Gasteiger partial charge is 0.204 e. The normalized spacial score (nSPS) is 8.00. The fourth-order valence-electron chi connectivity index (χ4n) is 0.656. The average molecular weight is 173 g/mol. The Morgan fingerprint density at radius 1 is 1.46 bits per heavy atom. The number of azide groups is 1. The summed E-state index contributed by atoms with van der Waals surface area (Å²) in [5.41, 5.74) is 7.97. The minimum absolute atomic E-state index is 0.385. The molecule has 5 nitrogen and oxygen atoms in total. The minimum Gasteiger partial charge on any atom is -0.229 e. The van der Waals surface area contributed by atoms with Crippen LogP contribution in [-0.2, 0) is 0 Å². The Morgan fingerprint density at radius 2 is 2.23 bits per heavy atom. The molecule has 1 rings (SSSR count). The van der Waals surface area contributed by atoms with Crippen molar-refractivity contribution in [3.05, 3.63) is 34.7 Å². The van der Waals surface area contributed by atoms with Gasteiger partial charge in [-0.2, -0.15) is 0 Å². The number of hydrogen-bond donors (Lipinski definition) is 0. The van der Waals surface area contributed by atoms with Crippen LogP contribution in [0.2, 0.25) is 0 Å². The SMILES string of the molecule is [N-]=[N+]=NCCC#Cc1ncccn1. The highest BCUT2D eigenvalue weighted by Crippen LogP contribution is 1.84. The molecule has 0 unspecified atom stereocenters. The van der Waals surface area contributed by atoms with Gasteiger partial charge >= 0.3 is 0 Å². The predicted molar refractivity (Wildman–Crippen MR) is 47.5 cm³/mol. The van der Waals surface area contributed by atoms with Gasteiger partial charge in [-0.3, -0.25) is 0 Å². The van der Waals surface area contributed by atoms with Gasteiger partial charge in [0, 0.05) is 30.3 Å². The minimum atomic E-state index is 0.385. The summed E-state index contributed by atoms with van der Waals surface area (Å²) in [6.07, 6.45) is 3.79. The predicted octanol–water partition coefficient (Wildman–Crippen LogP) is 1.53. The fourth-order valence-corrected chi connectivity index (χ4v) is 0.656.